The second-order valence-corrected chi connectivity index (χ2v) is 11.0. The maximum atomic E-state index is 14.5. The molecule has 1 heterocycles. The Morgan fingerprint density at radius 2 is 1.57 bits per heavy atom. The van der Waals surface area contributed by atoms with E-state index >= 15 is 0 Å². The summed E-state index contributed by atoms with van der Waals surface area (Å²) < 4.78 is 25.0. The molecule has 3 aromatic carbocycles. The smallest absolute Gasteiger partial charge is 0.330 e. The van der Waals surface area contributed by atoms with Gasteiger partial charge < -0.3 is 19.5 Å². The molecule has 3 aromatic rings. The molecular weight excluding hydrogens is 539 g/mol. The van der Waals surface area contributed by atoms with Crippen LogP contribution in [-0.4, -0.2) is 47.4 Å². The highest BCUT2D eigenvalue weighted by molar-refractivity contribution is 6.02. The van der Waals surface area contributed by atoms with E-state index in [0.29, 0.717) is 41.0 Å². The Kier molecular flexibility index (Phi) is 7.74. The summed E-state index contributed by atoms with van der Waals surface area (Å²) in [5, 5.41) is 20.2. The minimum absolute atomic E-state index is 0.266. The number of methoxy groups -OCH3 is 2. The van der Waals surface area contributed by atoms with Crippen LogP contribution in [0.15, 0.2) is 66.7 Å². The second kappa shape index (κ2) is 11.3. The van der Waals surface area contributed by atoms with Gasteiger partial charge in [0.25, 0.3) is 0 Å². The molecule has 1 aliphatic heterocycles. The Bertz CT molecular complexity index is 1560. The number of hydrogen-bond donors (Lipinski definition) is 1. The lowest BCUT2D eigenvalue weighted by atomic mass is 9.71. The van der Waals surface area contributed by atoms with Crippen molar-refractivity contribution in [3.05, 3.63) is 94.8 Å². The summed E-state index contributed by atoms with van der Waals surface area (Å²) in [6, 6.07) is 17.6. The number of carbonyl (C=O) groups is 3. The van der Waals surface area contributed by atoms with Crippen molar-refractivity contribution < 1.29 is 33.4 Å². The van der Waals surface area contributed by atoms with Crippen molar-refractivity contribution in [2.45, 2.75) is 43.7 Å². The number of hydrogen-bond acceptors (Lipinski definition) is 6. The number of Topliss-reactive ketones (excluding diaryl/α,β-unsaturated/α-hetero) is 1. The third kappa shape index (κ3) is 4.67. The fourth-order valence-electron chi connectivity index (χ4n) is 6.38. The molecular formula is C33H31FN2O6. The molecule has 1 aliphatic carbocycles. The molecule has 216 valence electrons. The Balaban J connectivity index is 1.80. The molecule has 5 rings (SSSR count). The molecule has 0 aromatic heterocycles. The predicted molar refractivity (Wildman–Crippen MR) is 151 cm³/mol. The minimum atomic E-state index is -1.86. The van der Waals surface area contributed by atoms with Gasteiger partial charge in [0, 0.05) is 17.4 Å². The number of carboxylic acid groups (broad SMARTS) is 1. The highest BCUT2D eigenvalue weighted by Gasteiger charge is 2.65. The van der Waals surface area contributed by atoms with Gasteiger partial charge in [0.05, 0.1) is 37.8 Å². The zero-order chi connectivity index (χ0) is 30.2. The van der Waals surface area contributed by atoms with Gasteiger partial charge in [-0.1, -0.05) is 36.8 Å². The molecule has 8 nitrogen and oxygen atoms in total. The van der Waals surface area contributed by atoms with Gasteiger partial charge in [0.2, 0.25) is 5.91 Å². The Labute approximate surface area is 243 Å². The number of carbonyl (C=O) groups excluding carboxylic acids is 2. The van der Waals surface area contributed by atoms with Crippen molar-refractivity contribution in [2.75, 3.05) is 14.2 Å². The zero-order valence-electron chi connectivity index (χ0n) is 23.5. The van der Waals surface area contributed by atoms with Crippen LogP contribution >= 0.6 is 0 Å². The van der Waals surface area contributed by atoms with Gasteiger partial charge in [-0.05, 0) is 67.3 Å². The van der Waals surface area contributed by atoms with E-state index < -0.39 is 41.0 Å². The second-order valence-electron chi connectivity index (χ2n) is 11.0. The molecule has 0 spiro atoms. The number of ketones is 1. The van der Waals surface area contributed by atoms with Crippen LogP contribution in [0.25, 0.3) is 0 Å². The lowest BCUT2D eigenvalue weighted by Gasteiger charge is -2.41. The van der Waals surface area contributed by atoms with Gasteiger partial charge in [0.1, 0.15) is 11.4 Å². The van der Waals surface area contributed by atoms with Crippen LogP contribution in [0.1, 0.15) is 65.2 Å². The van der Waals surface area contributed by atoms with Gasteiger partial charge in [-0.15, -0.1) is 0 Å². The van der Waals surface area contributed by atoms with Crippen molar-refractivity contribution in [2.24, 2.45) is 11.8 Å². The molecule has 1 amide bonds. The zero-order valence-corrected chi connectivity index (χ0v) is 23.5. The summed E-state index contributed by atoms with van der Waals surface area (Å²) in [5.41, 5.74) is -0.311. The fourth-order valence-corrected chi connectivity index (χ4v) is 6.38. The number of aliphatic carboxylic acids is 1. The van der Waals surface area contributed by atoms with Crippen molar-refractivity contribution in [3.8, 4) is 17.6 Å². The Hall–Kier alpha value is -4.71. The predicted octanol–water partition coefficient (Wildman–Crippen LogP) is 5.52. The highest BCUT2D eigenvalue weighted by Crippen LogP contribution is 2.58. The van der Waals surface area contributed by atoms with Gasteiger partial charge in [-0.25, -0.2) is 9.18 Å². The van der Waals surface area contributed by atoms with Crippen LogP contribution in [0.2, 0.25) is 0 Å². The van der Waals surface area contributed by atoms with Gasteiger partial charge in [-0.3, -0.25) is 9.59 Å². The van der Waals surface area contributed by atoms with E-state index in [9.17, 15) is 29.1 Å². The summed E-state index contributed by atoms with van der Waals surface area (Å²) in [6.07, 6.45) is 2.09. The highest BCUT2D eigenvalue weighted by atomic mass is 19.1. The van der Waals surface area contributed by atoms with Crippen molar-refractivity contribution >= 4 is 17.7 Å². The number of rotatable bonds is 8. The van der Waals surface area contributed by atoms with Crippen molar-refractivity contribution in [1.82, 2.24) is 4.90 Å². The van der Waals surface area contributed by atoms with Crippen LogP contribution in [0.4, 0.5) is 4.39 Å². The van der Waals surface area contributed by atoms with Crippen LogP contribution in [-0.2, 0) is 9.59 Å². The normalized spacial score (nSPS) is 23.5. The molecule has 42 heavy (non-hydrogen) atoms. The standard InChI is InChI=1S/C33H31FN2O6/c1-33(32(39)40)28(23-13-16-25(41-2)26(17-23)42-3)27(30(37)21-9-7-19(18-35)8-10-21)29(20-11-14-24(34)15-12-20)36(33)31(38)22-5-4-6-22/h7-17,22,27-29H,4-6H2,1-3H3,(H,39,40). The number of carboxylic acids is 1. The number of nitrogens with zero attached hydrogens (tertiary/aromatic N) is 2. The van der Waals surface area contributed by atoms with Gasteiger partial charge >= 0.3 is 5.97 Å². The van der Waals surface area contributed by atoms with E-state index in [0.717, 1.165) is 6.42 Å². The summed E-state index contributed by atoms with van der Waals surface area (Å²) in [6.45, 7) is 1.48. The van der Waals surface area contributed by atoms with E-state index in [-0.39, 0.29) is 17.4 Å². The molecule has 9 heteroatoms. The van der Waals surface area contributed by atoms with Crippen LogP contribution < -0.4 is 9.47 Å². The summed E-state index contributed by atoms with van der Waals surface area (Å²) in [5.74, 6) is -4.23. The number of benzene rings is 3. The lowest BCUT2D eigenvalue weighted by molar-refractivity contribution is -0.161. The summed E-state index contributed by atoms with van der Waals surface area (Å²) >= 11 is 0. The molecule has 2 aliphatic rings. The van der Waals surface area contributed by atoms with E-state index in [2.05, 4.69) is 0 Å². The van der Waals surface area contributed by atoms with Crippen LogP contribution in [0.5, 0.6) is 11.5 Å². The van der Waals surface area contributed by atoms with E-state index in [4.69, 9.17) is 9.47 Å². The fraction of sp³-hybridized carbons (Fsp3) is 0.333. The average molecular weight is 571 g/mol. The van der Waals surface area contributed by atoms with Crippen molar-refractivity contribution in [3.63, 3.8) is 0 Å². The van der Waals surface area contributed by atoms with E-state index in [1.165, 1.54) is 74.6 Å². The minimum Gasteiger partial charge on any atom is -0.493 e. The van der Waals surface area contributed by atoms with Crippen molar-refractivity contribution in [1.29, 1.82) is 5.26 Å². The topological polar surface area (TPSA) is 117 Å². The number of nitriles is 1. The van der Waals surface area contributed by atoms with Crippen LogP contribution in [0, 0.1) is 29.0 Å². The molecule has 4 unspecified atom stereocenters. The molecule has 0 radical (unpaired) electrons. The maximum absolute atomic E-state index is 14.5. The molecule has 1 N–H and O–H groups in total. The monoisotopic (exact) mass is 570 g/mol. The first kappa shape index (κ1) is 28.8. The molecule has 2 fully saturated rings. The summed E-state index contributed by atoms with van der Waals surface area (Å²) in [7, 11) is 2.94. The summed E-state index contributed by atoms with van der Waals surface area (Å²) in [4.78, 5) is 43.5. The molecule has 1 saturated carbocycles. The Morgan fingerprint density at radius 1 is 0.952 bits per heavy atom. The third-order valence-corrected chi connectivity index (χ3v) is 8.79. The van der Waals surface area contributed by atoms with Crippen LogP contribution in [0.3, 0.4) is 0 Å². The number of amides is 1. The van der Waals surface area contributed by atoms with Gasteiger partial charge in [0.15, 0.2) is 17.3 Å². The molecule has 0 bridgehead atoms. The van der Waals surface area contributed by atoms with E-state index in [1.807, 2.05) is 6.07 Å². The largest absolute Gasteiger partial charge is 0.493 e. The number of likely N-dealkylation sites (tertiary alicyclic amines) is 1. The number of halogens is 1. The first-order valence-corrected chi connectivity index (χ1v) is 13.7. The maximum Gasteiger partial charge on any atom is 0.330 e. The SMILES string of the molecule is COc1ccc(C2C(C(=O)c3ccc(C#N)cc3)C(c3ccc(F)cc3)N(C(=O)C3CCC3)C2(C)C(=O)O)cc1OC. The lowest BCUT2D eigenvalue weighted by Crippen LogP contribution is -2.56. The quantitative estimate of drug-likeness (QED) is 0.354. The average Bonchev–Trinajstić information content (AvgIpc) is 3.26. The van der Waals surface area contributed by atoms with Gasteiger partial charge in [-0.2, -0.15) is 5.26 Å². The third-order valence-electron chi connectivity index (χ3n) is 8.79. The van der Waals surface area contributed by atoms with E-state index in [1.54, 1.807) is 18.2 Å². The Morgan fingerprint density at radius 3 is 2.10 bits per heavy atom. The first-order chi connectivity index (χ1) is 20.1. The first-order valence-electron chi connectivity index (χ1n) is 13.7. The molecule has 1 saturated heterocycles. The molecule has 4 atom stereocenters. The number of ether oxygens (including phenoxy) is 2.